The minimum absolute atomic E-state index is 0.0419. The standard InChI is InChI=1S/C13H12FNO5S/c14-9-4-2-8(3-5-9)12-10(16)11(17)13(20-12)15-6-1-7-21(15,18)19/h2-5,16-17H,1,6-7H2. The van der Waals surface area contributed by atoms with E-state index in [0.29, 0.717) is 12.0 Å². The van der Waals surface area contributed by atoms with Crippen LogP contribution in [-0.4, -0.2) is 30.9 Å². The van der Waals surface area contributed by atoms with Gasteiger partial charge in [0.25, 0.3) is 5.88 Å². The van der Waals surface area contributed by atoms with E-state index in [1.165, 1.54) is 24.3 Å². The van der Waals surface area contributed by atoms with E-state index in [4.69, 9.17) is 4.42 Å². The topological polar surface area (TPSA) is 91.0 Å². The van der Waals surface area contributed by atoms with Gasteiger partial charge in [-0.3, -0.25) is 0 Å². The summed E-state index contributed by atoms with van der Waals surface area (Å²) >= 11 is 0. The van der Waals surface area contributed by atoms with Gasteiger partial charge < -0.3 is 14.6 Å². The lowest BCUT2D eigenvalue weighted by Crippen LogP contribution is -2.24. The van der Waals surface area contributed by atoms with Crippen LogP contribution in [-0.2, 0) is 10.0 Å². The molecule has 112 valence electrons. The van der Waals surface area contributed by atoms with Crippen molar-refractivity contribution in [2.24, 2.45) is 0 Å². The minimum atomic E-state index is -3.55. The fourth-order valence-electron chi connectivity index (χ4n) is 2.24. The summed E-state index contributed by atoms with van der Waals surface area (Å²) in [5.74, 6) is -2.14. The highest BCUT2D eigenvalue weighted by Crippen LogP contribution is 2.48. The first-order valence-electron chi connectivity index (χ1n) is 6.21. The summed E-state index contributed by atoms with van der Waals surface area (Å²) in [5, 5.41) is 19.8. The third kappa shape index (κ3) is 2.21. The van der Waals surface area contributed by atoms with Gasteiger partial charge in [-0.25, -0.2) is 17.1 Å². The van der Waals surface area contributed by atoms with E-state index in [9.17, 15) is 23.0 Å². The summed E-state index contributed by atoms with van der Waals surface area (Å²) in [4.78, 5) is 0. The summed E-state index contributed by atoms with van der Waals surface area (Å²) in [6, 6.07) is 5.05. The van der Waals surface area contributed by atoms with Gasteiger partial charge in [0.05, 0.1) is 5.75 Å². The van der Waals surface area contributed by atoms with Crippen LogP contribution in [0.15, 0.2) is 28.7 Å². The highest BCUT2D eigenvalue weighted by Gasteiger charge is 2.35. The largest absolute Gasteiger partial charge is 0.502 e. The third-order valence-electron chi connectivity index (χ3n) is 3.27. The molecule has 6 nitrogen and oxygen atoms in total. The molecule has 0 radical (unpaired) electrons. The van der Waals surface area contributed by atoms with Gasteiger partial charge in [-0.1, -0.05) is 0 Å². The van der Waals surface area contributed by atoms with Crippen molar-refractivity contribution in [3.63, 3.8) is 0 Å². The van der Waals surface area contributed by atoms with Crippen molar-refractivity contribution in [1.82, 2.24) is 0 Å². The molecule has 8 heteroatoms. The number of anilines is 1. The molecule has 0 amide bonds. The van der Waals surface area contributed by atoms with Crippen LogP contribution in [0.3, 0.4) is 0 Å². The maximum absolute atomic E-state index is 12.9. The van der Waals surface area contributed by atoms with Crippen LogP contribution in [0.5, 0.6) is 11.5 Å². The molecule has 2 aromatic rings. The van der Waals surface area contributed by atoms with Crippen LogP contribution in [0.4, 0.5) is 10.3 Å². The van der Waals surface area contributed by atoms with Gasteiger partial charge in [0.1, 0.15) is 5.82 Å². The zero-order valence-corrected chi connectivity index (χ0v) is 11.6. The Labute approximate surface area is 120 Å². The number of hydrogen-bond acceptors (Lipinski definition) is 5. The Morgan fingerprint density at radius 1 is 1.14 bits per heavy atom. The lowest BCUT2D eigenvalue weighted by atomic mass is 10.1. The molecule has 3 rings (SSSR count). The average Bonchev–Trinajstić information content (AvgIpc) is 2.92. The molecule has 1 saturated heterocycles. The van der Waals surface area contributed by atoms with E-state index >= 15 is 0 Å². The number of furan rings is 1. The first-order chi connectivity index (χ1) is 9.90. The van der Waals surface area contributed by atoms with Gasteiger partial charge in [-0.2, -0.15) is 0 Å². The quantitative estimate of drug-likeness (QED) is 0.885. The average molecular weight is 313 g/mol. The lowest BCUT2D eigenvalue weighted by Gasteiger charge is -2.12. The van der Waals surface area contributed by atoms with E-state index in [0.717, 1.165) is 4.31 Å². The van der Waals surface area contributed by atoms with Gasteiger partial charge in [0.2, 0.25) is 21.5 Å². The molecule has 0 bridgehead atoms. The predicted molar refractivity (Wildman–Crippen MR) is 73.2 cm³/mol. The summed E-state index contributed by atoms with van der Waals surface area (Å²) < 4.78 is 42.8. The third-order valence-corrected chi connectivity index (χ3v) is 5.10. The van der Waals surface area contributed by atoms with Crippen LogP contribution < -0.4 is 4.31 Å². The Morgan fingerprint density at radius 3 is 2.38 bits per heavy atom. The molecule has 1 aliphatic rings. The maximum atomic E-state index is 12.9. The maximum Gasteiger partial charge on any atom is 0.256 e. The van der Waals surface area contributed by atoms with Crippen molar-refractivity contribution < 1.29 is 27.4 Å². The fraction of sp³-hybridized carbons (Fsp3) is 0.231. The number of hydrogen-bond donors (Lipinski definition) is 2. The van der Waals surface area contributed by atoms with Crippen LogP contribution in [0.25, 0.3) is 11.3 Å². The summed E-state index contributed by atoms with van der Waals surface area (Å²) in [6.07, 6.45) is 0.412. The lowest BCUT2D eigenvalue weighted by molar-refractivity contribution is 0.409. The molecule has 0 spiro atoms. The molecule has 1 aromatic carbocycles. The van der Waals surface area contributed by atoms with E-state index in [2.05, 4.69) is 0 Å². The smallest absolute Gasteiger partial charge is 0.256 e. The molecular formula is C13H12FNO5S. The Kier molecular flexibility index (Phi) is 3.05. The van der Waals surface area contributed by atoms with Crippen LogP contribution in [0, 0.1) is 5.82 Å². The monoisotopic (exact) mass is 313 g/mol. The SMILES string of the molecule is O=S1(=O)CCCN1c1oc(-c2ccc(F)cc2)c(O)c1O. The number of nitrogens with zero attached hydrogens (tertiary/aromatic N) is 1. The van der Waals surface area contributed by atoms with Gasteiger partial charge in [-0.05, 0) is 30.7 Å². The van der Waals surface area contributed by atoms with Crippen molar-refractivity contribution in [2.45, 2.75) is 6.42 Å². The second-order valence-corrected chi connectivity index (χ2v) is 6.69. The van der Waals surface area contributed by atoms with E-state index in [1.54, 1.807) is 0 Å². The number of benzene rings is 1. The highest BCUT2D eigenvalue weighted by molar-refractivity contribution is 7.93. The molecule has 21 heavy (non-hydrogen) atoms. The Morgan fingerprint density at radius 2 is 1.81 bits per heavy atom. The minimum Gasteiger partial charge on any atom is -0.502 e. The number of sulfonamides is 1. The molecule has 0 unspecified atom stereocenters. The summed E-state index contributed by atoms with van der Waals surface area (Å²) in [6.45, 7) is 0.172. The van der Waals surface area contributed by atoms with Gasteiger partial charge in [0.15, 0.2) is 5.76 Å². The van der Waals surface area contributed by atoms with Gasteiger partial charge >= 0.3 is 0 Å². The molecule has 2 N–H and O–H groups in total. The van der Waals surface area contributed by atoms with E-state index in [1.807, 2.05) is 0 Å². The second-order valence-electron chi connectivity index (χ2n) is 4.68. The fourth-order valence-corrected chi connectivity index (χ4v) is 3.73. The van der Waals surface area contributed by atoms with E-state index < -0.39 is 27.3 Å². The molecule has 1 aliphatic heterocycles. The van der Waals surface area contributed by atoms with Crippen LogP contribution in [0.2, 0.25) is 0 Å². The molecule has 0 atom stereocenters. The molecule has 1 fully saturated rings. The van der Waals surface area contributed by atoms with Crippen molar-refractivity contribution >= 4 is 15.9 Å². The molecule has 1 aromatic heterocycles. The van der Waals surface area contributed by atoms with Crippen molar-refractivity contribution in [2.75, 3.05) is 16.6 Å². The molecule has 0 aliphatic carbocycles. The van der Waals surface area contributed by atoms with Crippen molar-refractivity contribution in [3.05, 3.63) is 30.1 Å². The predicted octanol–water partition coefficient (Wildman–Crippen LogP) is 2.04. The van der Waals surface area contributed by atoms with Crippen molar-refractivity contribution in [1.29, 1.82) is 0 Å². The Bertz CT molecular complexity index is 782. The normalized spacial score (nSPS) is 17.3. The van der Waals surface area contributed by atoms with E-state index in [-0.39, 0.29) is 23.9 Å². The molecule has 2 heterocycles. The van der Waals surface area contributed by atoms with Crippen LogP contribution in [0.1, 0.15) is 6.42 Å². The zero-order valence-electron chi connectivity index (χ0n) is 10.8. The summed E-state index contributed by atoms with van der Waals surface area (Å²) in [5.41, 5.74) is 0.326. The first-order valence-corrected chi connectivity index (χ1v) is 7.82. The molecular weight excluding hydrogens is 301 g/mol. The summed E-state index contributed by atoms with van der Waals surface area (Å²) in [7, 11) is -3.55. The first kappa shape index (κ1) is 13.7. The number of halogens is 1. The molecule has 0 saturated carbocycles. The Hall–Kier alpha value is -2.22. The number of rotatable bonds is 2. The van der Waals surface area contributed by atoms with Crippen molar-refractivity contribution in [3.8, 4) is 22.8 Å². The Balaban J connectivity index is 2.09. The van der Waals surface area contributed by atoms with Gasteiger partial charge in [0, 0.05) is 12.1 Å². The zero-order chi connectivity index (χ0) is 15.2. The van der Waals surface area contributed by atoms with Crippen LogP contribution >= 0.6 is 0 Å². The van der Waals surface area contributed by atoms with Gasteiger partial charge in [-0.15, -0.1) is 0 Å². The highest BCUT2D eigenvalue weighted by atomic mass is 32.2. The number of aromatic hydroxyl groups is 2. The second kappa shape index (κ2) is 4.66.